The third kappa shape index (κ3) is 5.18. The number of sulfonamides is 1. The van der Waals surface area contributed by atoms with Crippen LogP contribution in [0.4, 0.5) is 5.69 Å². The zero-order chi connectivity index (χ0) is 20.9. The van der Waals surface area contributed by atoms with Crippen molar-refractivity contribution in [3.8, 4) is 5.75 Å². The standard InChI is InChI=1S/C17H26N4O6S/c1-19(2)17(22)14-6-4-10-20(14)11-5-9-18-28(25,26)16-8-7-13(27-3)12-15(16)21(23)24/h7-8,12,14,18H,4-6,9-11H2,1-3H3. The van der Waals surface area contributed by atoms with Gasteiger partial charge in [-0.1, -0.05) is 0 Å². The van der Waals surface area contributed by atoms with Crippen molar-refractivity contribution in [2.45, 2.75) is 30.2 Å². The molecule has 0 saturated carbocycles. The minimum Gasteiger partial charge on any atom is -0.497 e. The number of carbonyl (C=O) groups excluding carboxylic acids is 1. The molecule has 1 fully saturated rings. The summed E-state index contributed by atoms with van der Waals surface area (Å²) in [6, 6.07) is 3.43. The van der Waals surface area contributed by atoms with E-state index in [1.165, 1.54) is 13.2 Å². The van der Waals surface area contributed by atoms with Crippen LogP contribution in [0.1, 0.15) is 19.3 Å². The van der Waals surface area contributed by atoms with E-state index in [0.29, 0.717) is 13.0 Å². The topological polar surface area (TPSA) is 122 Å². The molecular weight excluding hydrogens is 388 g/mol. The Hall–Kier alpha value is -2.24. The minimum atomic E-state index is -4.04. The maximum Gasteiger partial charge on any atom is 0.293 e. The number of hydrogen-bond acceptors (Lipinski definition) is 7. The molecule has 1 aromatic rings. The van der Waals surface area contributed by atoms with E-state index in [2.05, 4.69) is 4.72 Å². The summed E-state index contributed by atoms with van der Waals surface area (Å²) in [6.45, 7) is 1.48. The number of likely N-dealkylation sites (tertiary alicyclic amines) is 1. The van der Waals surface area contributed by atoms with Gasteiger partial charge in [0.05, 0.1) is 24.1 Å². The summed E-state index contributed by atoms with van der Waals surface area (Å²) >= 11 is 0. The minimum absolute atomic E-state index is 0.0481. The van der Waals surface area contributed by atoms with Gasteiger partial charge in [-0.15, -0.1) is 0 Å². The molecule has 0 radical (unpaired) electrons. The molecule has 1 aliphatic rings. The van der Waals surface area contributed by atoms with Crippen molar-refractivity contribution >= 4 is 21.6 Å². The van der Waals surface area contributed by atoms with Gasteiger partial charge in [0.2, 0.25) is 15.9 Å². The Morgan fingerprint density at radius 2 is 2.14 bits per heavy atom. The van der Waals surface area contributed by atoms with Crippen molar-refractivity contribution in [1.82, 2.24) is 14.5 Å². The molecule has 28 heavy (non-hydrogen) atoms. The highest BCUT2D eigenvalue weighted by Gasteiger charge is 2.31. The van der Waals surface area contributed by atoms with Crippen LogP contribution in [0.2, 0.25) is 0 Å². The fraction of sp³-hybridized carbons (Fsp3) is 0.588. The zero-order valence-electron chi connectivity index (χ0n) is 16.3. The number of amides is 1. The number of nitrogens with zero attached hydrogens (tertiary/aromatic N) is 3. The van der Waals surface area contributed by atoms with E-state index >= 15 is 0 Å². The van der Waals surface area contributed by atoms with Gasteiger partial charge in [-0.05, 0) is 37.9 Å². The molecule has 0 aliphatic carbocycles. The largest absolute Gasteiger partial charge is 0.497 e. The van der Waals surface area contributed by atoms with E-state index in [1.807, 2.05) is 4.90 Å². The SMILES string of the molecule is COc1ccc(S(=O)(=O)NCCCN2CCCC2C(=O)N(C)C)c([N+](=O)[O-])c1. The van der Waals surface area contributed by atoms with Crippen molar-refractivity contribution in [2.24, 2.45) is 0 Å². The second kappa shape index (κ2) is 9.30. The monoisotopic (exact) mass is 414 g/mol. The lowest BCUT2D eigenvalue weighted by atomic mass is 10.2. The van der Waals surface area contributed by atoms with Gasteiger partial charge in [-0.25, -0.2) is 13.1 Å². The molecule has 1 aliphatic heterocycles. The Morgan fingerprint density at radius 1 is 1.43 bits per heavy atom. The van der Waals surface area contributed by atoms with Crippen LogP contribution in [0.15, 0.2) is 23.1 Å². The normalized spacial score (nSPS) is 17.5. The lowest BCUT2D eigenvalue weighted by molar-refractivity contribution is -0.387. The van der Waals surface area contributed by atoms with Crippen LogP contribution in [0.5, 0.6) is 5.75 Å². The average Bonchev–Trinajstić information content (AvgIpc) is 3.12. The van der Waals surface area contributed by atoms with Crippen molar-refractivity contribution in [2.75, 3.05) is 40.8 Å². The van der Waals surface area contributed by atoms with Crippen LogP contribution in [0.25, 0.3) is 0 Å². The van der Waals surface area contributed by atoms with Crippen LogP contribution in [-0.4, -0.2) is 75.9 Å². The first-order valence-electron chi connectivity index (χ1n) is 8.94. The Labute approximate surface area is 164 Å². The summed E-state index contributed by atoms with van der Waals surface area (Å²) in [5.74, 6) is 0.253. The van der Waals surface area contributed by atoms with Gasteiger partial charge in [0, 0.05) is 27.2 Å². The van der Waals surface area contributed by atoms with Gasteiger partial charge in [0.25, 0.3) is 5.69 Å². The summed E-state index contributed by atoms with van der Waals surface area (Å²) in [5, 5.41) is 11.2. The number of methoxy groups -OCH3 is 1. The van der Waals surface area contributed by atoms with Crippen molar-refractivity contribution in [3.05, 3.63) is 28.3 Å². The molecule has 0 spiro atoms. The molecule has 156 valence electrons. The van der Waals surface area contributed by atoms with E-state index in [9.17, 15) is 23.3 Å². The number of nitro benzene ring substituents is 1. The predicted octanol–water partition coefficient (Wildman–Crippen LogP) is 0.824. The van der Waals surface area contributed by atoms with Crippen LogP contribution >= 0.6 is 0 Å². The van der Waals surface area contributed by atoms with Gasteiger partial charge >= 0.3 is 0 Å². The summed E-state index contributed by atoms with van der Waals surface area (Å²) in [7, 11) is 0.738. The van der Waals surface area contributed by atoms with Crippen molar-refractivity contribution < 1.29 is 22.9 Å². The summed E-state index contributed by atoms with van der Waals surface area (Å²) < 4.78 is 32.3. The maximum absolute atomic E-state index is 12.5. The molecule has 11 heteroatoms. The van der Waals surface area contributed by atoms with Crippen LogP contribution in [0, 0.1) is 10.1 Å². The Balaban J connectivity index is 1.97. The fourth-order valence-electron chi connectivity index (χ4n) is 3.23. The fourth-order valence-corrected chi connectivity index (χ4v) is 4.46. The molecule has 1 saturated heterocycles. The number of rotatable bonds is 9. The van der Waals surface area contributed by atoms with E-state index in [4.69, 9.17) is 4.74 Å². The molecule has 1 unspecified atom stereocenters. The average molecular weight is 414 g/mol. The number of benzene rings is 1. The first-order chi connectivity index (χ1) is 13.2. The second-order valence-electron chi connectivity index (χ2n) is 6.77. The summed E-state index contributed by atoms with van der Waals surface area (Å²) in [5.41, 5.74) is -0.539. The van der Waals surface area contributed by atoms with Gasteiger partial charge in [0.1, 0.15) is 5.75 Å². The molecular formula is C17H26N4O6S. The first kappa shape index (κ1) is 22.1. The smallest absolute Gasteiger partial charge is 0.293 e. The number of ether oxygens (including phenoxy) is 1. The summed E-state index contributed by atoms with van der Waals surface area (Å²) in [6.07, 6.45) is 2.20. The number of nitrogens with one attached hydrogen (secondary N) is 1. The Bertz CT molecular complexity index is 827. The lowest BCUT2D eigenvalue weighted by Crippen LogP contribution is -2.43. The number of hydrogen-bond donors (Lipinski definition) is 1. The van der Waals surface area contributed by atoms with E-state index in [1.54, 1.807) is 19.0 Å². The molecule has 1 heterocycles. The lowest BCUT2D eigenvalue weighted by Gasteiger charge is -2.26. The van der Waals surface area contributed by atoms with Gasteiger partial charge in [-0.3, -0.25) is 19.8 Å². The third-order valence-electron chi connectivity index (χ3n) is 4.66. The molecule has 10 nitrogen and oxygen atoms in total. The molecule has 1 N–H and O–H groups in total. The molecule has 1 amide bonds. The highest BCUT2D eigenvalue weighted by Crippen LogP contribution is 2.28. The highest BCUT2D eigenvalue weighted by atomic mass is 32.2. The third-order valence-corrected chi connectivity index (χ3v) is 6.16. The van der Waals surface area contributed by atoms with Crippen molar-refractivity contribution in [3.63, 3.8) is 0 Å². The highest BCUT2D eigenvalue weighted by molar-refractivity contribution is 7.89. The first-order valence-corrected chi connectivity index (χ1v) is 10.4. The van der Waals surface area contributed by atoms with Gasteiger partial charge in [-0.2, -0.15) is 0 Å². The van der Waals surface area contributed by atoms with Gasteiger partial charge in [0.15, 0.2) is 4.90 Å². The van der Waals surface area contributed by atoms with E-state index in [0.717, 1.165) is 31.5 Å². The van der Waals surface area contributed by atoms with Crippen molar-refractivity contribution in [1.29, 1.82) is 0 Å². The number of nitro groups is 1. The van der Waals surface area contributed by atoms with Crippen LogP contribution < -0.4 is 9.46 Å². The quantitative estimate of drug-likeness (QED) is 0.361. The van der Waals surface area contributed by atoms with Gasteiger partial charge < -0.3 is 9.64 Å². The molecule has 2 rings (SSSR count). The molecule has 1 atom stereocenters. The Kier molecular flexibility index (Phi) is 7.33. The molecule has 0 aromatic heterocycles. The zero-order valence-corrected chi connectivity index (χ0v) is 17.1. The number of likely N-dealkylation sites (N-methyl/N-ethyl adjacent to an activating group) is 1. The van der Waals surface area contributed by atoms with E-state index in [-0.39, 0.29) is 24.2 Å². The predicted molar refractivity (Wildman–Crippen MR) is 103 cm³/mol. The maximum atomic E-state index is 12.5. The molecule has 0 bridgehead atoms. The summed E-state index contributed by atoms with van der Waals surface area (Å²) in [4.78, 5) is 25.9. The second-order valence-corrected chi connectivity index (χ2v) is 8.50. The van der Waals surface area contributed by atoms with Crippen LogP contribution in [-0.2, 0) is 14.8 Å². The van der Waals surface area contributed by atoms with Crippen LogP contribution in [0.3, 0.4) is 0 Å². The molecule has 1 aromatic carbocycles. The Morgan fingerprint density at radius 3 is 2.75 bits per heavy atom. The van der Waals surface area contributed by atoms with E-state index < -0.39 is 25.5 Å². The number of carbonyl (C=O) groups is 1.